The zero-order valence-electron chi connectivity index (χ0n) is 18.6. The molecule has 0 aliphatic rings. The molecule has 172 valence electrons. The summed E-state index contributed by atoms with van der Waals surface area (Å²) in [6.45, 7) is 7.99. The highest BCUT2D eigenvalue weighted by atomic mass is 32.1. The summed E-state index contributed by atoms with van der Waals surface area (Å²) in [6, 6.07) is 11.6. The van der Waals surface area contributed by atoms with Crippen LogP contribution in [0.15, 0.2) is 52.9 Å². The highest BCUT2D eigenvalue weighted by molar-refractivity contribution is 7.14. The number of thiophene rings is 1. The van der Waals surface area contributed by atoms with Gasteiger partial charge in [-0.05, 0) is 47.0 Å². The molecule has 0 radical (unpaired) electrons. The third kappa shape index (κ3) is 5.21. The van der Waals surface area contributed by atoms with Crippen LogP contribution >= 0.6 is 11.3 Å². The summed E-state index contributed by atoms with van der Waals surface area (Å²) in [7, 11) is 0. The number of hydrogen-bond donors (Lipinski definition) is 4. The van der Waals surface area contributed by atoms with Crippen LogP contribution in [0.2, 0.25) is 0 Å². The maximum Gasteiger partial charge on any atom is 0.337 e. The molecule has 0 saturated carbocycles. The number of hydrazone groups is 1. The van der Waals surface area contributed by atoms with Gasteiger partial charge in [-0.1, -0.05) is 50.8 Å². The molecule has 1 aromatic heterocycles. The Morgan fingerprint density at radius 1 is 1.06 bits per heavy atom. The lowest BCUT2D eigenvalue weighted by Crippen LogP contribution is -2.20. The number of carbonyl (C=O) groups is 2. The van der Waals surface area contributed by atoms with Crippen molar-refractivity contribution in [1.29, 1.82) is 0 Å². The van der Waals surface area contributed by atoms with Gasteiger partial charge in [-0.25, -0.2) is 10.2 Å². The van der Waals surface area contributed by atoms with E-state index in [2.05, 4.69) is 31.3 Å². The lowest BCUT2D eigenvalue weighted by Gasteiger charge is -2.19. The minimum atomic E-state index is -1.25. The Balaban J connectivity index is 1.79. The first kappa shape index (κ1) is 24.0. The minimum absolute atomic E-state index is 0.0167. The number of carbonyl (C=O) groups excluding carboxylic acids is 1. The van der Waals surface area contributed by atoms with Gasteiger partial charge in [0.2, 0.25) is 0 Å². The van der Waals surface area contributed by atoms with Gasteiger partial charge in [0.15, 0.2) is 0 Å². The lowest BCUT2D eigenvalue weighted by molar-refractivity contribution is -0.267. The molecule has 3 aromatic rings. The van der Waals surface area contributed by atoms with Gasteiger partial charge in [0.25, 0.3) is 5.91 Å². The van der Waals surface area contributed by atoms with E-state index in [0.29, 0.717) is 16.2 Å². The van der Waals surface area contributed by atoms with E-state index in [0.717, 1.165) is 5.56 Å². The van der Waals surface area contributed by atoms with Crippen LogP contribution in [0.3, 0.4) is 0 Å². The van der Waals surface area contributed by atoms with E-state index in [1.165, 1.54) is 35.1 Å². The SMILES string of the molecule is C/C(=N\NC(=O)c1ccc(C(=O)O)c(NO)c1)c1csc(-c2ccc(C(C)(C)C)cc2)c1[O-]. The molecule has 1 amide bonds. The number of carboxylic acids is 1. The van der Waals surface area contributed by atoms with Crippen molar-refractivity contribution in [2.75, 3.05) is 5.48 Å². The normalized spacial score (nSPS) is 11.8. The number of amides is 1. The molecule has 8 nitrogen and oxygen atoms in total. The first-order chi connectivity index (χ1) is 15.5. The van der Waals surface area contributed by atoms with Crippen molar-refractivity contribution in [1.82, 2.24) is 5.43 Å². The van der Waals surface area contributed by atoms with Crippen LogP contribution in [-0.4, -0.2) is 27.9 Å². The lowest BCUT2D eigenvalue weighted by atomic mass is 9.86. The van der Waals surface area contributed by atoms with Gasteiger partial charge in [0, 0.05) is 16.0 Å². The molecule has 9 heteroatoms. The van der Waals surface area contributed by atoms with Crippen LogP contribution in [0.4, 0.5) is 5.69 Å². The van der Waals surface area contributed by atoms with Gasteiger partial charge < -0.3 is 10.2 Å². The van der Waals surface area contributed by atoms with Crippen molar-refractivity contribution in [2.24, 2.45) is 5.10 Å². The van der Waals surface area contributed by atoms with Gasteiger partial charge in [0.1, 0.15) is 0 Å². The fourth-order valence-corrected chi connectivity index (χ4v) is 4.14. The number of hydrogen-bond acceptors (Lipinski definition) is 7. The molecular weight excluding hydrogens is 442 g/mol. The number of nitrogens with one attached hydrogen (secondary N) is 2. The number of benzene rings is 2. The summed E-state index contributed by atoms with van der Waals surface area (Å²) < 4.78 is 0. The molecule has 0 unspecified atom stereocenters. The highest BCUT2D eigenvalue weighted by Gasteiger charge is 2.16. The molecule has 0 aliphatic carbocycles. The van der Waals surface area contributed by atoms with Crippen LogP contribution in [0.1, 0.15) is 59.5 Å². The number of aromatic carboxylic acids is 1. The zero-order valence-corrected chi connectivity index (χ0v) is 19.4. The Hall–Kier alpha value is -3.69. The molecule has 3 rings (SSSR count). The van der Waals surface area contributed by atoms with Gasteiger partial charge in [-0.2, -0.15) is 5.10 Å². The van der Waals surface area contributed by atoms with Gasteiger partial charge in [-0.3, -0.25) is 15.5 Å². The summed E-state index contributed by atoms with van der Waals surface area (Å²) in [5, 5.41) is 36.8. The molecule has 0 fully saturated rings. The van der Waals surface area contributed by atoms with Crippen LogP contribution in [-0.2, 0) is 5.41 Å². The number of rotatable bonds is 6. The second kappa shape index (κ2) is 9.43. The Morgan fingerprint density at radius 3 is 2.30 bits per heavy atom. The summed E-state index contributed by atoms with van der Waals surface area (Å²) in [5.41, 5.74) is 6.62. The average molecular weight is 467 g/mol. The smallest absolute Gasteiger partial charge is 0.337 e. The molecule has 0 bridgehead atoms. The van der Waals surface area contributed by atoms with Gasteiger partial charge in [0.05, 0.1) is 17.0 Å². The summed E-state index contributed by atoms with van der Waals surface area (Å²) in [6.07, 6.45) is 0. The molecule has 0 atom stereocenters. The largest absolute Gasteiger partial charge is 0.871 e. The predicted molar refractivity (Wildman–Crippen MR) is 126 cm³/mol. The predicted octanol–water partition coefficient (Wildman–Crippen LogP) is 4.44. The maximum atomic E-state index is 12.9. The molecule has 33 heavy (non-hydrogen) atoms. The molecule has 1 heterocycles. The Bertz CT molecular complexity index is 1220. The van der Waals surface area contributed by atoms with E-state index < -0.39 is 11.9 Å². The fraction of sp³-hybridized carbons (Fsp3) is 0.208. The second-order valence-corrected chi connectivity index (χ2v) is 9.33. The summed E-state index contributed by atoms with van der Waals surface area (Å²) in [5.74, 6) is -2.04. The third-order valence-corrected chi connectivity index (χ3v) is 6.12. The topological polar surface area (TPSA) is 134 Å². The van der Waals surface area contributed by atoms with Crippen LogP contribution in [0.5, 0.6) is 5.75 Å². The van der Waals surface area contributed by atoms with E-state index in [4.69, 9.17) is 10.3 Å². The maximum absolute atomic E-state index is 12.9. The van der Waals surface area contributed by atoms with Crippen molar-refractivity contribution < 1.29 is 25.0 Å². The molecule has 0 saturated heterocycles. The molecular formula is C24H24N3O5S-. The van der Waals surface area contributed by atoms with Crippen LogP contribution < -0.4 is 16.0 Å². The molecule has 0 aliphatic heterocycles. The second-order valence-electron chi connectivity index (χ2n) is 8.45. The first-order valence-electron chi connectivity index (χ1n) is 10.0. The first-order valence-corrected chi connectivity index (χ1v) is 10.9. The standard InChI is InChI=1S/C24H25N3O5S/c1-13(25-26-22(29)15-7-10-17(23(30)31)19(11-15)27-32)18-12-33-21(20(18)28)14-5-8-16(9-6-14)24(2,3)4/h5-12,27-28,32H,1-4H3,(H,26,29)(H,30,31)/p-1/b25-13+. The average Bonchev–Trinajstić information content (AvgIpc) is 3.17. The number of carboxylic acid groups (broad SMARTS) is 1. The van der Waals surface area contributed by atoms with E-state index in [9.17, 15) is 14.7 Å². The van der Waals surface area contributed by atoms with Gasteiger partial charge >= 0.3 is 5.97 Å². The monoisotopic (exact) mass is 466 g/mol. The summed E-state index contributed by atoms with van der Waals surface area (Å²) in [4.78, 5) is 24.1. The molecule has 2 aromatic carbocycles. The van der Waals surface area contributed by atoms with E-state index in [-0.39, 0.29) is 28.0 Å². The van der Waals surface area contributed by atoms with Crippen LogP contribution in [0.25, 0.3) is 10.4 Å². The van der Waals surface area contributed by atoms with E-state index in [1.807, 2.05) is 24.3 Å². The Kier molecular flexibility index (Phi) is 6.85. The van der Waals surface area contributed by atoms with Crippen molar-refractivity contribution >= 4 is 34.6 Å². The highest BCUT2D eigenvalue weighted by Crippen LogP contribution is 2.37. The Labute approximate surface area is 195 Å². The van der Waals surface area contributed by atoms with E-state index >= 15 is 0 Å². The van der Waals surface area contributed by atoms with Crippen molar-refractivity contribution in [3.8, 4) is 16.2 Å². The van der Waals surface area contributed by atoms with Crippen molar-refractivity contribution in [3.05, 3.63) is 70.1 Å². The van der Waals surface area contributed by atoms with Crippen molar-refractivity contribution in [2.45, 2.75) is 33.1 Å². The molecule has 4 N–H and O–H groups in total. The third-order valence-electron chi connectivity index (χ3n) is 5.11. The quantitative estimate of drug-likeness (QED) is 0.313. The zero-order chi connectivity index (χ0) is 24.3. The number of anilines is 1. The van der Waals surface area contributed by atoms with Crippen molar-refractivity contribution in [3.63, 3.8) is 0 Å². The van der Waals surface area contributed by atoms with Gasteiger partial charge in [-0.15, -0.1) is 11.3 Å². The molecule has 0 spiro atoms. The fourth-order valence-electron chi connectivity index (χ4n) is 3.14. The Morgan fingerprint density at radius 2 is 1.73 bits per heavy atom. The van der Waals surface area contributed by atoms with E-state index in [1.54, 1.807) is 17.8 Å². The number of nitrogens with zero attached hydrogens (tertiary/aromatic N) is 1. The van der Waals surface area contributed by atoms with Crippen LogP contribution in [0, 0.1) is 0 Å². The minimum Gasteiger partial charge on any atom is -0.871 e. The summed E-state index contributed by atoms with van der Waals surface area (Å²) >= 11 is 1.31.